The van der Waals surface area contributed by atoms with Crippen molar-refractivity contribution in [3.63, 3.8) is 0 Å². The fourth-order valence-electron chi connectivity index (χ4n) is 2.86. The quantitative estimate of drug-likeness (QED) is 0.276. The van der Waals surface area contributed by atoms with Crippen molar-refractivity contribution in [2.45, 2.75) is 19.9 Å². The van der Waals surface area contributed by atoms with E-state index < -0.39 is 0 Å². The van der Waals surface area contributed by atoms with Gasteiger partial charge in [0.15, 0.2) is 5.96 Å². The average Bonchev–Trinajstić information content (AvgIpc) is 3.16. The highest BCUT2D eigenvalue weighted by Crippen LogP contribution is 2.15. The van der Waals surface area contributed by atoms with E-state index in [1.54, 1.807) is 13.1 Å². The monoisotopic (exact) mass is 493 g/mol. The molecule has 148 valence electrons. The molecule has 5 nitrogen and oxygen atoms in total. The zero-order valence-electron chi connectivity index (χ0n) is 16.0. The number of rotatable bonds is 6. The van der Waals surface area contributed by atoms with Gasteiger partial charge in [-0.2, -0.15) is 0 Å². The number of nitrogens with zero attached hydrogens (tertiary/aromatic N) is 2. The summed E-state index contributed by atoms with van der Waals surface area (Å²) in [6.07, 6.45) is 2.63. The van der Waals surface area contributed by atoms with Gasteiger partial charge in [-0.15, -0.1) is 24.0 Å². The lowest BCUT2D eigenvalue weighted by Crippen LogP contribution is -2.38. The molecule has 0 saturated carbocycles. The smallest absolute Gasteiger partial charge is 0.191 e. The second kappa shape index (κ2) is 10.8. The third-order valence-corrected chi connectivity index (χ3v) is 4.35. The van der Waals surface area contributed by atoms with E-state index >= 15 is 0 Å². The molecular formula is C21H25FIN5. The van der Waals surface area contributed by atoms with E-state index in [2.05, 4.69) is 25.6 Å². The third kappa shape index (κ3) is 6.05. The molecule has 2 aromatic carbocycles. The molecule has 3 rings (SSSR count). The number of hydrogen-bond acceptors (Lipinski definition) is 2. The summed E-state index contributed by atoms with van der Waals surface area (Å²) >= 11 is 0. The van der Waals surface area contributed by atoms with Crippen LogP contribution in [0.5, 0.6) is 0 Å². The summed E-state index contributed by atoms with van der Waals surface area (Å²) in [4.78, 5) is 12.0. The lowest BCUT2D eigenvalue weighted by Gasteiger charge is -2.12. The Morgan fingerprint density at radius 2 is 1.93 bits per heavy atom. The molecule has 28 heavy (non-hydrogen) atoms. The first kappa shape index (κ1) is 21.9. The van der Waals surface area contributed by atoms with E-state index in [1.165, 1.54) is 6.07 Å². The lowest BCUT2D eigenvalue weighted by molar-refractivity contribution is 0.625. The molecule has 0 unspecified atom stereocenters. The van der Waals surface area contributed by atoms with Crippen LogP contribution in [0.25, 0.3) is 11.3 Å². The van der Waals surface area contributed by atoms with Gasteiger partial charge >= 0.3 is 0 Å². The van der Waals surface area contributed by atoms with Crippen molar-refractivity contribution < 1.29 is 4.39 Å². The standard InChI is InChI=1S/C21H24FN5.HI/c1-15-12-18(22)9-8-16(15)10-11-24-21(23-2)26-14-20-25-13-19(27-20)17-6-4-3-5-7-17;/h3-9,12-13H,10-11,14H2,1-2H3,(H,25,27)(H2,23,24,26);1H. The lowest BCUT2D eigenvalue weighted by atomic mass is 10.1. The highest BCUT2D eigenvalue weighted by molar-refractivity contribution is 14.0. The number of aromatic amines is 1. The average molecular weight is 493 g/mol. The molecule has 0 aliphatic carbocycles. The Morgan fingerprint density at radius 3 is 2.64 bits per heavy atom. The number of nitrogens with one attached hydrogen (secondary N) is 3. The van der Waals surface area contributed by atoms with E-state index in [1.807, 2.05) is 49.5 Å². The molecule has 3 N–H and O–H groups in total. The summed E-state index contributed by atoms with van der Waals surface area (Å²) < 4.78 is 13.2. The fourth-order valence-corrected chi connectivity index (χ4v) is 2.86. The first-order chi connectivity index (χ1) is 13.2. The van der Waals surface area contributed by atoms with Gasteiger partial charge in [0.25, 0.3) is 0 Å². The van der Waals surface area contributed by atoms with Crippen molar-refractivity contribution in [3.8, 4) is 11.3 Å². The number of H-pyrrole nitrogens is 1. The van der Waals surface area contributed by atoms with Gasteiger partial charge < -0.3 is 15.6 Å². The van der Waals surface area contributed by atoms with Crippen LogP contribution in [0.3, 0.4) is 0 Å². The number of aryl methyl sites for hydroxylation is 1. The van der Waals surface area contributed by atoms with E-state index in [0.717, 1.165) is 34.6 Å². The Bertz CT molecular complexity index is 908. The predicted octanol–water partition coefficient (Wildman–Crippen LogP) is 4.05. The van der Waals surface area contributed by atoms with Crippen LogP contribution in [0.2, 0.25) is 0 Å². The highest BCUT2D eigenvalue weighted by atomic mass is 127. The van der Waals surface area contributed by atoms with Crippen LogP contribution in [0, 0.1) is 12.7 Å². The van der Waals surface area contributed by atoms with Crippen molar-refractivity contribution in [1.29, 1.82) is 0 Å². The summed E-state index contributed by atoms with van der Waals surface area (Å²) in [7, 11) is 1.73. The minimum atomic E-state index is -0.199. The van der Waals surface area contributed by atoms with Gasteiger partial charge in [0, 0.05) is 13.6 Å². The van der Waals surface area contributed by atoms with Crippen molar-refractivity contribution in [3.05, 3.63) is 77.5 Å². The minimum absolute atomic E-state index is 0. The van der Waals surface area contributed by atoms with Crippen molar-refractivity contribution in [1.82, 2.24) is 20.6 Å². The zero-order valence-corrected chi connectivity index (χ0v) is 18.3. The summed E-state index contributed by atoms with van der Waals surface area (Å²) in [5.41, 5.74) is 4.18. The van der Waals surface area contributed by atoms with Crippen LogP contribution in [0.15, 0.2) is 59.7 Å². The number of halogens is 2. The molecule has 3 aromatic rings. The van der Waals surface area contributed by atoms with Crippen molar-refractivity contribution >= 4 is 29.9 Å². The van der Waals surface area contributed by atoms with Gasteiger partial charge in [0.2, 0.25) is 0 Å². The molecule has 0 atom stereocenters. The molecule has 0 spiro atoms. The molecule has 1 heterocycles. The summed E-state index contributed by atoms with van der Waals surface area (Å²) in [5, 5.41) is 6.52. The van der Waals surface area contributed by atoms with Crippen LogP contribution in [-0.4, -0.2) is 29.5 Å². The van der Waals surface area contributed by atoms with E-state index in [4.69, 9.17) is 0 Å². The molecule has 0 aliphatic rings. The zero-order chi connectivity index (χ0) is 19.1. The number of guanidine groups is 1. The Labute approximate surface area is 181 Å². The molecule has 0 radical (unpaired) electrons. The summed E-state index contributed by atoms with van der Waals surface area (Å²) in [6, 6.07) is 15.0. The molecule has 0 fully saturated rings. The second-order valence-electron chi connectivity index (χ2n) is 6.28. The van der Waals surface area contributed by atoms with Gasteiger partial charge in [-0.1, -0.05) is 36.4 Å². The molecule has 0 saturated heterocycles. The van der Waals surface area contributed by atoms with Crippen LogP contribution in [-0.2, 0) is 13.0 Å². The predicted molar refractivity (Wildman–Crippen MR) is 122 cm³/mol. The number of aromatic nitrogens is 2. The Kier molecular flexibility index (Phi) is 8.43. The maximum atomic E-state index is 13.2. The van der Waals surface area contributed by atoms with Gasteiger partial charge in [-0.25, -0.2) is 9.37 Å². The first-order valence-corrected chi connectivity index (χ1v) is 8.94. The van der Waals surface area contributed by atoms with E-state index in [-0.39, 0.29) is 29.8 Å². The summed E-state index contributed by atoms with van der Waals surface area (Å²) in [6.45, 7) is 3.17. The number of hydrogen-bond donors (Lipinski definition) is 3. The van der Waals surface area contributed by atoms with Gasteiger partial charge in [-0.3, -0.25) is 4.99 Å². The molecule has 7 heteroatoms. The molecule has 0 amide bonds. The fraction of sp³-hybridized carbons (Fsp3) is 0.238. The van der Waals surface area contributed by atoms with Crippen LogP contribution in [0.4, 0.5) is 4.39 Å². The molecule has 0 aliphatic heterocycles. The highest BCUT2D eigenvalue weighted by Gasteiger charge is 2.05. The van der Waals surface area contributed by atoms with E-state index in [9.17, 15) is 4.39 Å². The Morgan fingerprint density at radius 1 is 1.14 bits per heavy atom. The van der Waals surface area contributed by atoms with Gasteiger partial charge in [0.1, 0.15) is 11.6 Å². The largest absolute Gasteiger partial charge is 0.356 e. The van der Waals surface area contributed by atoms with Crippen LogP contribution >= 0.6 is 24.0 Å². The van der Waals surface area contributed by atoms with Crippen molar-refractivity contribution in [2.24, 2.45) is 4.99 Å². The topological polar surface area (TPSA) is 65.1 Å². The van der Waals surface area contributed by atoms with Crippen LogP contribution in [0.1, 0.15) is 17.0 Å². The first-order valence-electron chi connectivity index (χ1n) is 8.94. The van der Waals surface area contributed by atoms with E-state index in [0.29, 0.717) is 19.0 Å². The normalized spacial score (nSPS) is 11.0. The Hall–Kier alpha value is -2.42. The number of imidazole rings is 1. The minimum Gasteiger partial charge on any atom is -0.356 e. The number of aliphatic imine (C=N–C) groups is 1. The third-order valence-electron chi connectivity index (χ3n) is 4.35. The SMILES string of the molecule is CN=C(NCCc1ccc(F)cc1C)NCc1ncc(-c2ccccc2)[nH]1.I. The Balaban J connectivity index is 0.00000280. The second-order valence-corrected chi connectivity index (χ2v) is 6.28. The number of benzene rings is 2. The molecule has 0 bridgehead atoms. The maximum Gasteiger partial charge on any atom is 0.191 e. The van der Waals surface area contributed by atoms with Crippen LogP contribution < -0.4 is 10.6 Å². The molecular weight excluding hydrogens is 468 g/mol. The molecule has 1 aromatic heterocycles. The maximum absolute atomic E-state index is 13.2. The van der Waals surface area contributed by atoms with Gasteiger partial charge in [-0.05, 0) is 42.2 Å². The van der Waals surface area contributed by atoms with Gasteiger partial charge in [0.05, 0.1) is 18.4 Å². The summed E-state index contributed by atoms with van der Waals surface area (Å²) in [5.74, 6) is 1.34. The van der Waals surface area contributed by atoms with Crippen molar-refractivity contribution in [2.75, 3.05) is 13.6 Å².